The van der Waals surface area contributed by atoms with Crippen LogP contribution in [-0.2, 0) is 21.5 Å². The molecule has 0 aliphatic carbocycles. The van der Waals surface area contributed by atoms with Crippen LogP contribution in [0.25, 0.3) is 6.08 Å². The van der Waals surface area contributed by atoms with Crippen LogP contribution in [0.1, 0.15) is 11.1 Å². The molecule has 0 N–H and O–H groups in total. The van der Waals surface area contributed by atoms with Crippen molar-refractivity contribution in [3.8, 4) is 5.75 Å². The molecule has 0 unspecified atom stereocenters. The molecule has 0 atom stereocenters. The van der Waals surface area contributed by atoms with Crippen LogP contribution in [0.4, 0.5) is 10.5 Å². The Bertz CT molecular complexity index is 1440. The molecule has 178 valence electrons. The highest BCUT2D eigenvalue weighted by molar-refractivity contribution is 9.10. The number of rotatable bonds is 7. The quantitative estimate of drug-likeness (QED) is 0.160. The molecule has 9 nitrogen and oxygen atoms in total. The molecule has 3 aromatic carbocycles. The van der Waals surface area contributed by atoms with Gasteiger partial charge in [-0.25, -0.2) is 0 Å². The third-order valence-corrected chi connectivity index (χ3v) is 7.54. The summed E-state index contributed by atoms with van der Waals surface area (Å²) in [7, 11) is -4.20. The molecule has 1 saturated heterocycles. The van der Waals surface area contributed by atoms with Crippen molar-refractivity contribution in [3.05, 3.63) is 103 Å². The average Bonchev–Trinajstić information content (AvgIpc) is 3.09. The lowest BCUT2D eigenvalue weighted by molar-refractivity contribution is -0.384. The van der Waals surface area contributed by atoms with Gasteiger partial charge in [0.1, 0.15) is 10.6 Å². The molecule has 0 aromatic heterocycles. The van der Waals surface area contributed by atoms with Gasteiger partial charge in [0.2, 0.25) is 0 Å². The molecule has 12 heteroatoms. The summed E-state index contributed by atoms with van der Waals surface area (Å²) in [6, 6.07) is 17.5. The summed E-state index contributed by atoms with van der Waals surface area (Å²) in [6.07, 6.45) is 1.54. The SMILES string of the molecule is O=C1S/C(=C\c2ccc(OS(=O)(=O)c3ccc([N+](=O)[O-])cc3)cc2)C(=O)N1Cc1ccc(Br)cc1. The van der Waals surface area contributed by atoms with Gasteiger partial charge in [-0.2, -0.15) is 8.42 Å². The molecule has 1 heterocycles. The molecule has 1 fully saturated rings. The monoisotopic (exact) mass is 574 g/mol. The molecule has 0 bridgehead atoms. The Morgan fingerprint density at radius 1 is 0.971 bits per heavy atom. The first kappa shape index (κ1) is 24.6. The predicted molar refractivity (Wildman–Crippen MR) is 133 cm³/mol. The van der Waals surface area contributed by atoms with E-state index in [4.69, 9.17) is 4.18 Å². The van der Waals surface area contributed by atoms with Gasteiger partial charge in [0.15, 0.2) is 0 Å². The Hall–Kier alpha value is -3.48. The number of thioether (sulfide) groups is 1. The molecule has 0 radical (unpaired) electrons. The number of halogens is 1. The Morgan fingerprint density at radius 3 is 2.20 bits per heavy atom. The summed E-state index contributed by atoms with van der Waals surface area (Å²) < 4.78 is 30.8. The van der Waals surface area contributed by atoms with Crippen molar-refractivity contribution < 1.29 is 27.1 Å². The zero-order valence-electron chi connectivity index (χ0n) is 17.7. The van der Waals surface area contributed by atoms with E-state index >= 15 is 0 Å². The highest BCUT2D eigenvalue weighted by Crippen LogP contribution is 2.33. The lowest BCUT2D eigenvalue weighted by Crippen LogP contribution is -2.27. The highest BCUT2D eigenvalue weighted by Gasteiger charge is 2.35. The number of nitro groups is 1. The van der Waals surface area contributed by atoms with E-state index in [1.165, 1.54) is 12.1 Å². The number of nitro benzene ring substituents is 1. The second-order valence-electron chi connectivity index (χ2n) is 7.25. The molecule has 35 heavy (non-hydrogen) atoms. The van der Waals surface area contributed by atoms with E-state index in [-0.39, 0.29) is 33.0 Å². The maximum atomic E-state index is 12.7. The van der Waals surface area contributed by atoms with Crippen LogP contribution in [0.3, 0.4) is 0 Å². The average molecular weight is 575 g/mol. The van der Waals surface area contributed by atoms with Gasteiger partial charge in [-0.3, -0.25) is 24.6 Å². The van der Waals surface area contributed by atoms with Crippen LogP contribution in [0.2, 0.25) is 0 Å². The van der Waals surface area contributed by atoms with E-state index in [2.05, 4.69) is 15.9 Å². The number of imide groups is 1. The summed E-state index contributed by atoms with van der Waals surface area (Å²) in [5.41, 5.74) is 1.14. The van der Waals surface area contributed by atoms with Crippen LogP contribution < -0.4 is 4.18 Å². The summed E-state index contributed by atoms with van der Waals surface area (Å²) in [6.45, 7) is 0.155. The molecular weight excluding hydrogens is 560 g/mol. The van der Waals surface area contributed by atoms with Crippen LogP contribution >= 0.6 is 27.7 Å². The maximum absolute atomic E-state index is 12.7. The molecule has 0 saturated carbocycles. The molecule has 0 spiro atoms. The predicted octanol–water partition coefficient (Wildman–Crippen LogP) is 5.36. The molecule has 3 aromatic rings. The van der Waals surface area contributed by atoms with Gasteiger partial charge in [-0.05, 0) is 65.4 Å². The van der Waals surface area contributed by atoms with E-state index < -0.39 is 20.9 Å². The number of non-ortho nitro benzene ring substituents is 1. The van der Waals surface area contributed by atoms with Gasteiger partial charge in [-0.15, -0.1) is 0 Å². The standard InChI is InChI=1S/C23H15BrN2O7S2/c24-17-5-1-16(2-6-17)14-25-22(27)21(34-23(25)28)13-15-3-9-19(10-4-15)33-35(31,32)20-11-7-18(8-12-20)26(29)30/h1-13H,14H2/b21-13-. The minimum absolute atomic E-state index is 0.0174. The number of carbonyl (C=O) groups excluding carboxylic acids is 2. The molecule has 2 amide bonds. The first-order valence-electron chi connectivity index (χ1n) is 9.91. The van der Waals surface area contributed by atoms with Crippen LogP contribution in [0, 0.1) is 10.1 Å². The minimum atomic E-state index is -4.20. The number of carbonyl (C=O) groups is 2. The lowest BCUT2D eigenvalue weighted by atomic mass is 10.2. The van der Waals surface area contributed by atoms with Gasteiger partial charge in [-0.1, -0.05) is 40.2 Å². The number of benzene rings is 3. The van der Waals surface area contributed by atoms with E-state index in [1.807, 2.05) is 24.3 Å². The van der Waals surface area contributed by atoms with Crippen LogP contribution in [0.5, 0.6) is 5.75 Å². The third kappa shape index (κ3) is 5.78. The van der Waals surface area contributed by atoms with Crippen LogP contribution in [-0.4, -0.2) is 29.4 Å². The van der Waals surface area contributed by atoms with E-state index in [0.717, 1.165) is 51.0 Å². The maximum Gasteiger partial charge on any atom is 0.339 e. The summed E-state index contributed by atoms with van der Waals surface area (Å²) in [5.74, 6) is -0.396. The fourth-order valence-electron chi connectivity index (χ4n) is 3.09. The minimum Gasteiger partial charge on any atom is -0.379 e. The van der Waals surface area contributed by atoms with Crippen molar-refractivity contribution >= 4 is 60.7 Å². The second-order valence-corrected chi connectivity index (χ2v) is 10.7. The van der Waals surface area contributed by atoms with Gasteiger partial charge in [0.05, 0.1) is 16.4 Å². The zero-order valence-corrected chi connectivity index (χ0v) is 20.9. The zero-order chi connectivity index (χ0) is 25.2. The van der Waals surface area contributed by atoms with Gasteiger partial charge in [0.25, 0.3) is 16.8 Å². The van der Waals surface area contributed by atoms with Crippen molar-refractivity contribution in [2.75, 3.05) is 0 Å². The topological polar surface area (TPSA) is 124 Å². The number of amides is 2. The first-order chi connectivity index (χ1) is 16.6. The van der Waals surface area contributed by atoms with Gasteiger partial charge in [0, 0.05) is 16.6 Å². The molecule has 4 rings (SSSR count). The Kier molecular flexibility index (Phi) is 7.05. The van der Waals surface area contributed by atoms with Crippen molar-refractivity contribution in [1.29, 1.82) is 0 Å². The van der Waals surface area contributed by atoms with E-state index in [9.17, 15) is 28.1 Å². The summed E-state index contributed by atoms with van der Waals surface area (Å²) in [5, 5.41) is 10.4. The fraction of sp³-hybridized carbons (Fsp3) is 0.0435. The Balaban J connectivity index is 1.45. The van der Waals surface area contributed by atoms with Crippen LogP contribution in [0.15, 0.2) is 87.1 Å². The van der Waals surface area contributed by atoms with E-state index in [0.29, 0.717) is 5.56 Å². The summed E-state index contributed by atoms with van der Waals surface area (Å²) in [4.78, 5) is 36.4. The normalized spacial score (nSPS) is 15.0. The van der Waals surface area contributed by atoms with Crippen molar-refractivity contribution in [3.63, 3.8) is 0 Å². The highest BCUT2D eigenvalue weighted by atomic mass is 79.9. The molecular formula is C23H15BrN2O7S2. The first-order valence-corrected chi connectivity index (χ1v) is 12.9. The fourth-order valence-corrected chi connectivity index (χ4v) is 5.12. The Labute approximate surface area is 212 Å². The molecule has 1 aliphatic heterocycles. The number of nitrogens with zero attached hydrogens (tertiary/aromatic N) is 2. The molecule has 1 aliphatic rings. The number of hydrogen-bond acceptors (Lipinski definition) is 8. The van der Waals surface area contributed by atoms with Crippen molar-refractivity contribution in [2.24, 2.45) is 0 Å². The van der Waals surface area contributed by atoms with Gasteiger partial charge < -0.3 is 4.18 Å². The Morgan fingerprint density at radius 2 is 1.60 bits per heavy atom. The van der Waals surface area contributed by atoms with Crippen molar-refractivity contribution in [1.82, 2.24) is 4.90 Å². The van der Waals surface area contributed by atoms with Crippen molar-refractivity contribution in [2.45, 2.75) is 11.4 Å². The lowest BCUT2D eigenvalue weighted by Gasteiger charge is -2.12. The smallest absolute Gasteiger partial charge is 0.339 e. The van der Waals surface area contributed by atoms with E-state index in [1.54, 1.807) is 18.2 Å². The van der Waals surface area contributed by atoms with Gasteiger partial charge >= 0.3 is 10.1 Å². The second kappa shape index (κ2) is 10.0. The summed E-state index contributed by atoms with van der Waals surface area (Å²) >= 11 is 4.17. The number of hydrogen-bond donors (Lipinski definition) is 0. The largest absolute Gasteiger partial charge is 0.379 e. The third-order valence-electron chi connectivity index (χ3n) is 4.85.